The van der Waals surface area contributed by atoms with Crippen LogP contribution in [0, 0.1) is 0 Å². The standard InChI is InChI=1S/C11H15NO4S/c1-16-9(14)11(5-3-2-4-6-11)12-8(13)7-17-10(12)15/h2-7H2,1H3. The van der Waals surface area contributed by atoms with Gasteiger partial charge in [-0.25, -0.2) is 4.79 Å². The molecule has 1 aliphatic heterocycles. The summed E-state index contributed by atoms with van der Waals surface area (Å²) in [6.07, 6.45) is 3.77. The van der Waals surface area contributed by atoms with Crippen molar-refractivity contribution in [2.24, 2.45) is 0 Å². The summed E-state index contributed by atoms with van der Waals surface area (Å²) in [7, 11) is 1.30. The maximum absolute atomic E-state index is 12.0. The first-order valence-corrected chi connectivity index (χ1v) is 6.68. The summed E-state index contributed by atoms with van der Waals surface area (Å²) in [5, 5.41) is -0.317. The van der Waals surface area contributed by atoms with Crippen molar-refractivity contribution in [2.75, 3.05) is 12.9 Å². The van der Waals surface area contributed by atoms with E-state index in [0.29, 0.717) is 12.8 Å². The molecule has 1 saturated carbocycles. The molecule has 0 radical (unpaired) electrons. The number of nitrogens with zero attached hydrogens (tertiary/aromatic N) is 1. The van der Waals surface area contributed by atoms with Gasteiger partial charge in [-0.2, -0.15) is 0 Å². The van der Waals surface area contributed by atoms with E-state index in [1.807, 2.05) is 0 Å². The van der Waals surface area contributed by atoms with Crippen LogP contribution >= 0.6 is 11.8 Å². The molecular formula is C11H15NO4S. The molecule has 0 unspecified atom stereocenters. The van der Waals surface area contributed by atoms with Crippen LogP contribution in [0.2, 0.25) is 0 Å². The summed E-state index contributed by atoms with van der Waals surface area (Å²) in [6.45, 7) is 0. The minimum absolute atomic E-state index is 0.136. The number of rotatable bonds is 2. The van der Waals surface area contributed by atoms with E-state index < -0.39 is 11.5 Å². The van der Waals surface area contributed by atoms with Gasteiger partial charge in [0.2, 0.25) is 5.91 Å². The van der Waals surface area contributed by atoms with Gasteiger partial charge in [0.25, 0.3) is 5.24 Å². The number of carbonyl (C=O) groups is 3. The maximum Gasteiger partial charge on any atom is 0.332 e. The highest BCUT2D eigenvalue weighted by atomic mass is 32.2. The van der Waals surface area contributed by atoms with Gasteiger partial charge in [0, 0.05) is 0 Å². The van der Waals surface area contributed by atoms with Gasteiger partial charge in [-0.1, -0.05) is 31.0 Å². The normalized spacial score (nSPS) is 23.9. The number of methoxy groups -OCH3 is 1. The lowest BCUT2D eigenvalue weighted by molar-refractivity contribution is -0.159. The van der Waals surface area contributed by atoms with Crippen molar-refractivity contribution in [3.63, 3.8) is 0 Å². The quantitative estimate of drug-likeness (QED) is 0.702. The Kier molecular flexibility index (Phi) is 3.42. The first-order chi connectivity index (χ1) is 8.12. The van der Waals surface area contributed by atoms with Gasteiger partial charge < -0.3 is 4.74 Å². The van der Waals surface area contributed by atoms with Crippen LogP contribution < -0.4 is 0 Å². The van der Waals surface area contributed by atoms with E-state index in [2.05, 4.69) is 0 Å². The molecule has 1 heterocycles. The van der Waals surface area contributed by atoms with Crippen LogP contribution in [-0.4, -0.2) is 40.4 Å². The number of thioether (sulfide) groups is 1. The van der Waals surface area contributed by atoms with Gasteiger partial charge in [0.15, 0.2) is 0 Å². The Morgan fingerprint density at radius 2 is 1.94 bits per heavy atom. The van der Waals surface area contributed by atoms with E-state index in [4.69, 9.17) is 4.74 Å². The zero-order valence-electron chi connectivity index (χ0n) is 9.73. The number of hydrogen-bond donors (Lipinski definition) is 0. The molecule has 0 atom stereocenters. The second kappa shape index (κ2) is 4.68. The molecule has 1 aliphatic carbocycles. The summed E-state index contributed by atoms with van der Waals surface area (Å²) in [5.74, 6) is -0.592. The number of esters is 1. The van der Waals surface area contributed by atoms with Gasteiger partial charge in [0.05, 0.1) is 12.9 Å². The molecule has 2 amide bonds. The average molecular weight is 257 g/mol. The Morgan fingerprint density at radius 3 is 2.41 bits per heavy atom. The Balaban J connectivity index is 2.35. The van der Waals surface area contributed by atoms with Crippen LogP contribution in [-0.2, 0) is 14.3 Å². The van der Waals surface area contributed by atoms with E-state index in [0.717, 1.165) is 35.9 Å². The largest absolute Gasteiger partial charge is 0.467 e. The first-order valence-electron chi connectivity index (χ1n) is 5.70. The predicted molar refractivity (Wildman–Crippen MR) is 62.5 cm³/mol. The van der Waals surface area contributed by atoms with E-state index >= 15 is 0 Å². The Morgan fingerprint density at radius 1 is 1.29 bits per heavy atom. The van der Waals surface area contributed by atoms with Gasteiger partial charge in [-0.05, 0) is 12.8 Å². The fourth-order valence-corrected chi connectivity index (χ4v) is 3.40. The summed E-state index contributed by atoms with van der Waals surface area (Å²) in [6, 6.07) is 0. The number of amides is 2. The smallest absolute Gasteiger partial charge is 0.332 e. The van der Waals surface area contributed by atoms with Crippen LogP contribution in [0.4, 0.5) is 4.79 Å². The van der Waals surface area contributed by atoms with Gasteiger partial charge in [-0.15, -0.1) is 0 Å². The molecular weight excluding hydrogens is 242 g/mol. The second-order valence-electron chi connectivity index (χ2n) is 4.37. The highest BCUT2D eigenvalue weighted by molar-refractivity contribution is 8.14. The molecule has 1 saturated heterocycles. The molecule has 2 rings (SSSR count). The average Bonchev–Trinajstić information content (AvgIpc) is 2.69. The zero-order chi connectivity index (χ0) is 12.5. The molecule has 5 nitrogen and oxygen atoms in total. The topological polar surface area (TPSA) is 63.7 Å². The van der Waals surface area contributed by atoms with Crippen molar-refractivity contribution < 1.29 is 19.1 Å². The molecule has 6 heteroatoms. The van der Waals surface area contributed by atoms with Crippen LogP contribution in [0.5, 0.6) is 0 Å². The molecule has 0 aromatic rings. The van der Waals surface area contributed by atoms with Crippen LogP contribution in [0.1, 0.15) is 32.1 Å². The van der Waals surface area contributed by atoms with E-state index in [-0.39, 0.29) is 16.9 Å². The summed E-state index contributed by atoms with van der Waals surface area (Å²) in [4.78, 5) is 36.7. The predicted octanol–water partition coefficient (Wildman–Crippen LogP) is 1.56. The van der Waals surface area contributed by atoms with Crippen LogP contribution in [0.3, 0.4) is 0 Å². The fourth-order valence-electron chi connectivity index (χ4n) is 2.61. The van der Waals surface area contributed by atoms with Crippen molar-refractivity contribution in [3.05, 3.63) is 0 Å². The third kappa shape index (κ3) is 1.94. The van der Waals surface area contributed by atoms with Crippen molar-refractivity contribution in [3.8, 4) is 0 Å². The Bertz CT molecular complexity index is 346. The van der Waals surface area contributed by atoms with Crippen molar-refractivity contribution in [1.82, 2.24) is 4.90 Å². The molecule has 0 aromatic carbocycles. The van der Waals surface area contributed by atoms with E-state index in [9.17, 15) is 14.4 Å². The number of imide groups is 1. The summed E-state index contributed by atoms with van der Waals surface area (Å²) in [5.41, 5.74) is -1.04. The lowest BCUT2D eigenvalue weighted by Crippen LogP contribution is -2.58. The van der Waals surface area contributed by atoms with Gasteiger partial charge >= 0.3 is 5.97 Å². The minimum atomic E-state index is -1.04. The molecule has 2 fully saturated rings. The number of carbonyl (C=O) groups excluding carboxylic acids is 3. The molecule has 17 heavy (non-hydrogen) atoms. The van der Waals surface area contributed by atoms with E-state index in [1.165, 1.54) is 7.11 Å². The van der Waals surface area contributed by atoms with Crippen LogP contribution in [0.15, 0.2) is 0 Å². The second-order valence-corrected chi connectivity index (χ2v) is 5.29. The van der Waals surface area contributed by atoms with Gasteiger partial charge in [-0.3, -0.25) is 14.5 Å². The van der Waals surface area contributed by atoms with Crippen molar-refractivity contribution >= 4 is 28.9 Å². The van der Waals surface area contributed by atoms with Gasteiger partial charge in [0.1, 0.15) is 5.54 Å². The summed E-state index contributed by atoms with van der Waals surface area (Å²) >= 11 is 0.963. The third-order valence-corrected chi connectivity index (χ3v) is 4.25. The zero-order valence-corrected chi connectivity index (χ0v) is 10.5. The number of hydrogen-bond acceptors (Lipinski definition) is 5. The van der Waals surface area contributed by atoms with Crippen LogP contribution in [0.25, 0.3) is 0 Å². The molecule has 0 aromatic heterocycles. The number of ether oxygens (including phenoxy) is 1. The first kappa shape index (κ1) is 12.4. The molecule has 0 N–H and O–H groups in total. The molecule has 0 bridgehead atoms. The SMILES string of the molecule is COC(=O)C1(N2C(=O)CSC2=O)CCCCC1. The van der Waals surface area contributed by atoms with Crippen molar-refractivity contribution in [2.45, 2.75) is 37.6 Å². The maximum atomic E-state index is 12.0. The molecule has 94 valence electrons. The lowest BCUT2D eigenvalue weighted by Gasteiger charge is -2.40. The Labute approximate surface area is 104 Å². The monoisotopic (exact) mass is 257 g/mol. The third-order valence-electron chi connectivity index (χ3n) is 3.43. The van der Waals surface area contributed by atoms with E-state index in [1.54, 1.807) is 0 Å². The van der Waals surface area contributed by atoms with Crippen molar-refractivity contribution in [1.29, 1.82) is 0 Å². The molecule has 2 aliphatic rings. The highest BCUT2D eigenvalue weighted by Crippen LogP contribution is 2.39. The lowest BCUT2D eigenvalue weighted by atomic mass is 9.80. The minimum Gasteiger partial charge on any atom is -0.467 e. The fraction of sp³-hybridized carbons (Fsp3) is 0.727. The Hall–Kier alpha value is -1.04. The summed E-state index contributed by atoms with van der Waals surface area (Å²) < 4.78 is 4.81. The molecule has 0 spiro atoms. The highest BCUT2D eigenvalue weighted by Gasteiger charge is 2.53.